The Morgan fingerprint density at radius 1 is 1.29 bits per heavy atom. The van der Waals surface area contributed by atoms with Crippen molar-refractivity contribution in [2.75, 3.05) is 0 Å². The fraction of sp³-hybridized carbons (Fsp3) is 0.250. The maximum absolute atomic E-state index is 5.80. The molecule has 3 N–H and O–H groups in total. The van der Waals surface area contributed by atoms with E-state index >= 15 is 0 Å². The molecule has 0 aliphatic heterocycles. The molecule has 0 aliphatic rings. The summed E-state index contributed by atoms with van der Waals surface area (Å²) in [5.41, 5.74) is 7.00. The van der Waals surface area contributed by atoms with Crippen molar-refractivity contribution in [2.24, 2.45) is 5.84 Å². The molecule has 0 saturated heterocycles. The summed E-state index contributed by atoms with van der Waals surface area (Å²) in [6.45, 7) is 4.88. The maximum atomic E-state index is 5.80. The van der Waals surface area contributed by atoms with Crippen LogP contribution in [-0.2, 0) is 6.54 Å². The van der Waals surface area contributed by atoms with Crippen LogP contribution in [0, 0.1) is 6.92 Å². The van der Waals surface area contributed by atoms with Crippen molar-refractivity contribution < 1.29 is 0 Å². The van der Waals surface area contributed by atoms with Crippen molar-refractivity contribution >= 4 is 10.9 Å². The molecular weight excluding hydrogens is 262 g/mol. The van der Waals surface area contributed by atoms with E-state index in [-0.39, 0.29) is 6.04 Å². The molecule has 0 amide bonds. The van der Waals surface area contributed by atoms with Gasteiger partial charge in [-0.15, -0.1) is 0 Å². The first kappa shape index (κ1) is 13.7. The number of hydrogen-bond acceptors (Lipinski definition) is 4. The lowest BCUT2D eigenvalue weighted by atomic mass is 10.0. The van der Waals surface area contributed by atoms with E-state index in [9.17, 15) is 0 Å². The fourth-order valence-corrected chi connectivity index (χ4v) is 2.67. The Morgan fingerprint density at radius 2 is 2.14 bits per heavy atom. The van der Waals surface area contributed by atoms with Crippen LogP contribution in [0.4, 0.5) is 0 Å². The van der Waals surface area contributed by atoms with Gasteiger partial charge in [-0.25, -0.2) is 5.43 Å². The third kappa shape index (κ3) is 2.53. The highest BCUT2D eigenvalue weighted by molar-refractivity contribution is 5.79. The Morgan fingerprint density at radius 3 is 2.90 bits per heavy atom. The molecule has 0 spiro atoms. The van der Waals surface area contributed by atoms with Gasteiger partial charge in [-0.05, 0) is 37.6 Å². The smallest absolute Gasteiger partial charge is 0.0879 e. The van der Waals surface area contributed by atoms with E-state index in [2.05, 4.69) is 52.8 Å². The minimum absolute atomic E-state index is 0.0995. The number of pyridine rings is 1. The highest BCUT2D eigenvalue weighted by Gasteiger charge is 2.18. The predicted molar refractivity (Wildman–Crippen MR) is 83.5 cm³/mol. The average Bonchev–Trinajstić information content (AvgIpc) is 2.89. The first-order valence-corrected chi connectivity index (χ1v) is 7.08. The van der Waals surface area contributed by atoms with Crippen LogP contribution in [0.2, 0.25) is 0 Å². The van der Waals surface area contributed by atoms with Crippen molar-refractivity contribution in [1.82, 2.24) is 20.2 Å². The molecule has 0 saturated carbocycles. The van der Waals surface area contributed by atoms with E-state index < -0.39 is 0 Å². The van der Waals surface area contributed by atoms with Crippen molar-refractivity contribution in [1.29, 1.82) is 0 Å². The SMILES string of the molecule is CCn1nc(C)cc1C(NN)c1ccc2cccnc2c1. The van der Waals surface area contributed by atoms with E-state index in [4.69, 9.17) is 5.84 Å². The summed E-state index contributed by atoms with van der Waals surface area (Å²) < 4.78 is 1.97. The predicted octanol–water partition coefficient (Wildman–Crippen LogP) is 2.31. The molecule has 21 heavy (non-hydrogen) atoms. The Bertz CT molecular complexity index is 762. The van der Waals surface area contributed by atoms with Gasteiger partial charge in [0.2, 0.25) is 0 Å². The second-order valence-electron chi connectivity index (χ2n) is 5.08. The summed E-state index contributed by atoms with van der Waals surface area (Å²) in [5.74, 6) is 5.80. The average molecular weight is 281 g/mol. The number of aromatic nitrogens is 3. The number of aryl methyl sites for hydroxylation is 2. The van der Waals surface area contributed by atoms with E-state index in [1.165, 1.54) is 0 Å². The zero-order chi connectivity index (χ0) is 14.8. The van der Waals surface area contributed by atoms with Crippen molar-refractivity contribution in [3.8, 4) is 0 Å². The lowest BCUT2D eigenvalue weighted by Gasteiger charge is -2.18. The summed E-state index contributed by atoms with van der Waals surface area (Å²) in [6, 6.07) is 12.2. The standard InChI is InChI=1S/C16H19N5/c1-3-21-15(9-11(2)20-21)16(19-17)13-7-6-12-5-4-8-18-14(12)10-13/h4-10,16,19H,3,17H2,1-2H3. The largest absolute Gasteiger partial charge is 0.271 e. The molecule has 3 aromatic rings. The third-order valence-corrected chi connectivity index (χ3v) is 3.66. The Kier molecular flexibility index (Phi) is 3.68. The fourth-order valence-electron chi connectivity index (χ4n) is 2.67. The summed E-state index contributed by atoms with van der Waals surface area (Å²) >= 11 is 0. The third-order valence-electron chi connectivity index (χ3n) is 3.66. The molecule has 0 aliphatic carbocycles. The first-order chi connectivity index (χ1) is 10.2. The minimum atomic E-state index is -0.0995. The van der Waals surface area contributed by atoms with E-state index in [0.717, 1.165) is 34.4 Å². The van der Waals surface area contributed by atoms with E-state index in [1.807, 2.05) is 17.7 Å². The van der Waals surface area contributed by atoms with Crippen LogP contribution < -0.4 is 11.3 Å². The first-order valence-electron chi connectivity index (χ1n) is 7.08. The molecule has 5 nitrogen and oxygen atoms in total. The molecule has 1 aromatic carbocycles. The zero-order valence-corrected chi connectivity index (χ0v) is 12.2. The van der Waals surface area contributed by atoms with Gasteiger partial charge in [0.05, 0.1) is 22.9 Å². The van der Waals surface area contributed by atoms with Crippen LogP contribution in [0.5, 0.6) is 0 Å². The van der Waals surface area contributed by atoms with Crippen molar-refractivity contribution in [3.05, 3.63) is 59.5 Å². The van der Waals surface area contributed by atoms with Gasteiger partial charge in [0.15, 0.2) is 0 Å². The van der Waals surface area contributed by atoms with E-state index in [1.54, 1.807) is 6.20 Å². The van der Waals surface area contributed by atoms with Crippen molar-refractivity contribution in [2.45, 2.75) is 26.4 Å². The summed E-state index contributed by atoms with van der Waals surface area (Å²) in [7, 11) is 0. The summed E-state index contributed by atoms with van der Waals surface area (Å²) in [4.78, 5) is 4.41. The summed E-state index contributed by atoms with van der Waals surface area (Å²) in [5, 5.41) is 5.61. The molecule has 0 fully saturated rings. The monoisotopic (exact) mass is 281 g/mol. The molecule has 2 heterocycles. The maximum Gasteiger partial charge on any atom is 0.0879 e. The molecule has 5 heteroatoms. The van der Waals surface area contributed by atoms with Crippen LogP contribution in [-0.4, -0.2) is 14.8 Å². The Balaban J connectivity index is 2.08. The van der Waals surface area contributed by atoms with Gasteiger partial charge in [0, 0.05) is 18.1 Å². The lowest BCUT2D eigenvalue weighted by Crippen LogP contribution is -2.30. The number of nitrogens with one attached hydrogen (secondary N) is 1. The molecule has 0 bridgehead atoms. The quantitative estimate of drug-likeness (QED) is 0.569. The molecule has 0 radical (unpaired) electrons. The van der Waals surface area contributed by atoms with Gasteiger partial charge in [0.1, 0.15) is 0 Å². The second-order valence-corrected chi connectivity index (χ2v) is 5.08. The number of benzene rings is 1. The lowest BCUT2D eigenvalue weighted by molar-refractivity contribution is 0.542. The number of hydrazine groups is 1. The molecule has 3 rings (SSSR count). The molecular formula is C16H19N5. The number of nitrogens with zero attached hydrogens (tertiary/aromatic N) is 3. The van der Waals surface area contributed by atoms with Gasteiger partial charge in [0.25, 0.3) is 0 Å². The van der Waals surface area contributed by atoms with Crippen LogP contribution in [0.3, 0.4) is 0 Å². The molecule has 1 unspecified atom stereocenters. The minimum Gasteiger partial charge on any atom is -0.271 e. The Labute approximate surface area is 123 Å². The highest BCUT2D eigenvalue weighted by atomic mass is 15.3. The topological polar surface area (TPSA) is 68.8 Å². The van der Waals surface area contributed by atoms with Gasteiger partial charge < -0.3 is 0 Å². The van der Waals surface area contributed by atoms with Gasteiger partial charge in [-0.2, -0.15) is 5.10 Å². The second kappa shape index (κ2) is 5.63. The number of fused-ring (bicyclic) bond motifs is 1. The summed E-state index contributed by atoms with van der Waals surface area (Å²) in [6.07, 6.45) is 1.80. The van der Waals surface area contributed by atoms with E-state index in [0.29, 0.717) is 0 Å². The van der Waals surface area contributed by atoms with Crippen LogP contribution >= 0.6 is 0 Å². The number of rotatable bonds is 4. The Hall–Kier alpha value is -2.24. The number of hydrogen-bond donors (Lipinski definition) is 2. The van der Waals surface area contributed by atoms with Gasteiger partial charge in [-0.1, -0.05) is 18.2 Å². The molecule has 2 aromatic heterocycles. The van der Waals surface area contributed by atoms with Crippen LogP contribution in [0.15, 0.2) is 42.6 Å². The normalized spacial score (nSPS) is 12.7. The number of nitrogens with two attached hydrogens (primary N) is 1. The van der Waals surface area contributed by atoms with Gasteiger partial charge >= 0.3 is 0 Å². The van der Waals surface area contributed by atoms with Gasteiger partial charge in [-0.3, -0.25) is 15.5 Å². The highest BCUT2D eigenvalue weighted by Crippen LogP contribution is 2.25. The zero-order valence-electron chi connectivity index (χ0n) is 12.2. The van der Waals surface area contributed by atoms with Crippen molar-refractivity contribution in [3.63, 3.8) is 0 Å². The molecule has 108 valence electrons. The van der Waals surface area contributed by atoms with Crippen LogP contribution in [0.25, 0.3) is 10.9 Å². The molecule has 1 atom stereocenters. The van der Waals surface area contributed by atoms with Crippen LogP contribution in [0.1, 0.15) is 29.9 Å².